The fraction of sp³-hybridized carbons (Fsp3) is 0.273. The van der Waals surface area contributed by atoms with Crippen LogP contribution < -0.4 is 0 Å². The predicted molar refractivity (Wildman–Crippen MR) is 62.1 cm³/mol. The molecule has 0 aliphatic rings. The average molecular weight is 227 g/mol. The third-order valence-corrected chi connectivity index (χ3v) is 3.49. The molecule has 1 aromatic carbocycles. The lowest BCUT2D eigenvalue weighted by Gasteiger charge is -2.11. The zero-order valence-corrected chi connectivity index (χ0v) is 9.35. The lowest BCUT2D eigenvalue weighted by molar-refractivity contribution is 0.179. The van der Waals surface area contributed by atoms with E-state index in [-0.39, 0.29) is 5.38 Å². The zero-order valence-electron chi connectivity index (χ0n) is 7.77. The second-order valence-electron chi connectivity index (χ2n) is 3.31. The van der Waals surface area contributed by atoms with Gasteiger partial charge in [-0.1, -0.05) is 18.2 Å². The van der Waals surface area contributed by atoms with Crippen LogP contribution in [0.4, 0.5) is 0 Å². The Balaban J connectivity index is 2.53. The molecule has 2 unspecified atom stereocenters. The summed E-state index contributed by atoms with van der Waals surface area (Å²) >= 11 is 7.52. The molecule has 0 spiro atoms. The van der Waals surface area contributed by atoms with Crippen LogP contribution in [0.25, 0.3) is 10.1 Å². The van der Waals surface area contributed by atoms with E-state index in [9.17, 15) is 5.11 Å². The van der Waals surface area contributed by atoms with Crippen molar-refractivity contribution in [2.24, 2.45) is 0 Å². The van der Waals surface area contributed by atoms with E-state index in [1.165, 1.54) is 4.70 Å². The van der Waals surface area contributed by atoms with Gasteiger partial charge in [-0.15, -0.1) is 22.9 Å². The van der Waals surface area contributed by atoms with Crippen LogP contribution in [0.5, 0.6) is 0 Å². The lowest BCUT2D eigenvalue weighted by Crippen LogP contribution is -2.07. The number of hydrogen-bond acceptors (Lipinski definition) is 2. The summed E-state index contributed by atoms with van der Waals surface area (Å²) in [6.07, 6.45) is -0.576. The topological polar surface area (TPSA) is 20.2 Å². The third kappa shape index (κ3) is 1.65. The van der Waals surface area contributed by atoms with Crippen molar-refractivity contribution < 1.29 is 5.11 Å². The van der Waals surface area contributed by atoms with Gasteiger partial charge in [0.25, 0.3) is 0 Å². The molecule has 0 aliphatic carbocycles. The quantitative estimate of drug-likeness (QED) is 0.777. The molecule has 1 heterocycles. The zero-order chi connectivity index (χ0) is 10.1. The van der Waals surface area contributed by atoms with Crippen LogP contribution in [0.1, 0.15) is 18.6 Å². The first-order chi connectivity index (χ1) is 6.70. The first-order valence-electron chi connectivity index (χ1n) is 4.48. The Morgan fingerprint density at radius 1 is 1.36 bits per heavy atom. The van der Waals surface area contributed by atoms with Crippen molar-refractivity contribution >= 4 is 33.0 Å². The summed E-state index contributed by atoms with van der Waals surface area (Å²) in [7, 11) is 0. The van der Waals surface area contributed by atoms with E-state index in [4.69, 9.17) is 11.6 Å². The molecule has 74 valence electrons. The van der Waals surface area contributed by atoms with Gasteiger partial charge in [0.2, 0.25) is 0 Å². The van der Waals surface area contributed by atoms with E-state index >= 15 is 0 Å². The maximum absolute atomic E-state index is 9.86. The van der Waals surface area contributed by atoms with Gasteiger partial charge in [0.05, 0.1) is 11.5 Å². The molecule has 0 saturated carbocycles. The van der Waals surface area contributed by atoms with Crippen molar-refractivity contribution in [1.29, 1.82) is 0 Å². The molecule has 0 bridgehead atoms. The van der Waals surface area contributed by atoms with Crippen LogP contribution in [0, 0.1) is 0 Å². The highest BCUT2D eigenvalue weighted by Crippen LogP contribution is 2.32. The van der Waals surface area contributed by atoms with E-state index in [1.807, 2.05) is 23.6 Å². The summed E-state index contributed by atoms with van der Waals surface area (Å²) in [4.78, 5) is 0. The number of thiophene rings is 1. The maximum Gasteiger partial charge on any atom is 0.0964 e. The van der Waals surface area contributed by atoms with Crippen molar-refractivity contribution in [1.82, 2.24) is 0 Å². The summed E-state index contributed by atoms with van der Waals surface area (Å²) in [5.41, 5.74) is 0.938. The SMILES string of the molecule is CC(Cl)C(O)c1csc2ccccc12. The van der Waals surface area contributed by atoms with Gasteiger partial charge in [-0.25, -0.2) is 0 Å². The molecule has 0 fully saturated rings. The molecule has 1 N–H and O–H groups in total. The highest BCUT2D eigenvalue weighted by Gasteiger charge is 2.17. The molecular weight excluding hydrogens is 216 g/mol. The molecule has 2 aromatic rings. The van der Waals surface area contributed by atoms with Gasteiger partial charge in [0.1, 0.15) is 0 Å². The van der Waals surface area contributed by atoms with E-state index in [0.29, 0.717) is 0 Å². The van der Waals surface area contributed by atoms with E-state index in [2.05, 4.69) is 6.07 Å². The number of benzene rings is 1. The van der Waals surface area contributed by atoms with E-state index in [0.717, 1.165) is 10.9 Å². The summed E-state index contributed by atoms with van der Waals surface area (Å²) in [5, 5.41) is 12.7. The van der Waals surface area contributed by atoms with Crippen molar-refractivity contribution in [3.63, 3.8) is 0 Å². The molecule has 2 atom stereocenters. The standard InChI is InChI=1S/C11H11ClOS/c1-7(12)11(13)9-6-14-10-5-3-2-4-8(9)10/h2-7,11,13H,1H3. The lowest BCUT2D eigenvalue weighted by atomic mass is 10.1. The van der Waals surface area contributed by atoms with Gasteiger partial charge >= 0.3 is 0 Å². The van der Waals surface area contributed by atoms with Crippen LogP contribution in [-0.4, -0.2) is 10.5 Å². The summed E-state index contributed by atoms with van der Waals surface area (Å²) in [6.45, 7) is 1.80. The van der Waals surface area contributed by atoms with Gasteiger partial charge in [-0.05, 0) is 23.8 Å². The Bertz CT molecular complexity index is 436. The van der Waals surface area contributed by atoms with Crippen LogP contribution >= 0.6 is 22.9 Å². The first-order valence-corrected chi connectivity index (χ1v) is 5.80. The minimum atomic E-state index is -0.576. The highest BCUT2D eigenvalue weighted by molar-refractivity contribution is 7.17. The van der Waals surface area contributed by atoms with Gasteiger partial charge in [0, 0.05) is 10.3 Å². The van der Waals surface area contributed by atoms with Gasteiger partial charge in [0.15, 0.2) is 0 Å². The van der Waals surface area contributed by atoms with Gasteiger partial charge in [-0.3, -0.25) is 0 Å². The highest BCUT2D eigenvalue weighted by atomic mass is 35.5. The molecule has 2 rings (SSSR count). The fourth-order valence-electron chi connectivity index (χ4n) is 1.47. The number of rotatable bonds is 2. The second kappa shape index (κ2) is 3.89. The average Bonchev–Trinajstić information content (AvgIpc) is 2.60. The Kier molecular flexibility index (Phi) is 2.77. The van der Waals surface area contributed by atoms with Crippen molar-refractivity contribution in [2.45, 2.75) is 18.4 Å². The van der Waals surface area contributed by atoms with Crippen molar-refractivity contribution in [2.75, 3.05) is 0 Å². The molecule has 0 saturated heterocycles. The summed E-state index contributed by atoms with van der Waals surface area (Å²) in [6, 6.07) is 8.04. The number of halogens is 1. The Morgan fingerprint density at radius 3 is 2.79 bits per heavy atom. The van der Waals surface area contributed by atoms with Gasteiger partial charge in [-0.2, -0.15) is 0 Å². The Labute approximate surface area is 91.9 Å². The number of aliphatic hydroxyl groups excluding tert-OH is 1. The van der Waals surface area contributed by atoms with E-state index < -0.39 is 6.10 Å². The molecule has 1 aromatic heterocycles. The van der Waals surface area contributed by atoms with Crippen LogP contribution in [0.2, 0.25) is 0 Å². The normalized spacial score (nSPS) is 15.6. The molecule has 0 amide bonds. The smallest absolute Gasteiger partial charge is 0.0964 e. The fourth-order valence-corrected chi connectivity index (χ4v) is 2.60. The van der Waals surface area contributed by atoms with E-state index in [1.54, 1.807) is 18.3 Å². The van der Waals surface area contributed by atoms with Crippen LogP contribution in [-0.2, 0) is 0 Å². The number of hydrogen-bond donors (Lipinski definition) is 1. The molecule has 1 nitrogen and oxygen atoms in total. The molecular formula is C11H11ClOS. The number of alkyl halides is 1. The second-order valence-corrected chi connectivity index (χ2v) is 4.91. The predicted octanol–water partition coefficient (Wildman–Crippen LogP) is 3.56. The molecule has 0 radical (unpaired) electrons. The third-order valence-electron chi connectivity index (χ3n) is 2.26. The first kappa shape index (κ1) is 9.97. The minimum Gasteiger partial charge on any atom is -0.387 e. The van der Waals surface area contributed by atoms with Gasteiger partial charge < -0.3 is 5.11 Å². The van der Waals surface area contributed by atoms with Crippen molar-refractivity contribution in [3.8, 4) is 0 Å². The summed E-state index contributed by atoms with van der Waals surface area (Å²) < 4.78 is 1.19. The largest absolute Gasteiger partial charge is 0.387 e. The van der Waals surface area contributed by atoms with Crippen LogP contribution in [0.3, 0.4) is 0 Å². The molecule has 0 aliphatic heterocycles. The van der Waals surface area contributed by atoms with Crippen LogP contribution in [0.15, 0.2) is 29.6 Å². The maximum atomic E-state index is 9.86. The summed E-state index contributed by atoms with van der Waals surface area (Å²) in [5.74, 6) is 0. The van der Waals surface area contributed by atoms with Crippen molar-refractivity contribution in [3.05, 3.63) is 35.2 Å². The monoisotopic (exact) mass is 226 g/mol. The minimum absolute atomic E-state index is 0.256. The molecule has 3 heteroatoms. The Morgan fingerprint density at radius 2 is 2.07 bits per heavy atom. The number of fused-ring (bicyclic) bond motifs is 1. The molecule has 14 heavy (non-hydrogen) atoms. The number of aliphatic hydroxyl groups is 1. The Hall–Kier alpha value is -0.570.